The molecule has 0 unspecified atom stereocenters. The van der Waals surface area contributed by atoms with Gasteiger partial charge in [0.2, 0.25) is 0 Å². The summed E-state index contributed by atoms with van der Waals surface area (Å²) in [7, 11) is 0. The zero-order valence-electron chi connectivity index (χ0n) is 11.4. The van der Waals surface area contributed by atoms with Crippen molar-refractivity contribution in [1.82, 2.24) is 25.1 Å². The third-order valence-corrected chi connectivity index (χ3v) is 5.62. The van der Waals surface area contributed by atoms with Gasteiger partial charge in [0.05, 0.1) is 11.7 Å². The van der Waals surface area contributed by atoms with Crippen LogP contribution in [0, 0.1) is 6.92 Å². The van der Waals surface area contributed by atoms with Gasteiger partial charge in [0.15, 0.2) is 11.5 Å². The number of aromatic amines is 1. The summed E-state index contributed by atoms with van der Waals surface area (Å²) in [5, 5.41) is 10.4. The van der Waals surface area contributed by atoms with Crippen molar-refractivity contribution < 1.29 is 0 Å². The van der Waals surface area contributed by atoms with Gasteiger partial charge in [-0.2, -0.15) is 5.10 Å². The van der Waals surface area contributed by atoms with Gasteiger partial charge in [0.25, 0.3) is 5.56 Å². The van der Waals surface area contributed by atoms with Crippen molar-refractivity contribution in [1.29, 1.82) is 0 Å². The van der Waals surface area contributed by atoms with Gasteiger partial charge in [-0.25, -0.2) is 4.98 Å². The Morgan fingerprint density at radius 1 is 1.48 bits per heavy atom. The Hall–Kier alpha value is -1.99. The zero-order valence-corrected chi connectivity index (χ0v) is 12.3. The van der Waals surface area contributed by atoms with Gasteiger partial charge in [0.1, 0.15) is 4.70 Å². The first-order chi connectivity index (χ1) is 10.2. The minimum Gasteiger partial charge on any atom is -0.288 e. The van der Waals surface area contributed by atoms with Crippen LogP contribution in [-0.4, -0.2) is 26.3 Å². The topological polar surface area (TPSA) is 75.6 Å². The summed E-state index contributed by atoms with van der Waals surface area (Å²) in [6, 6.07) is 2.00. The van der Waals surface area contributed by atoms with Crippen LogP contribution in [-0.2, 0) is 5.66 Å². The molecule has 106 valence electrons. The molecule has 5 rings (SSSR count). The van der Waals surface area contributed by atoms with E-state index in [0.29, 0.717) is 0 Å². The molecule has 1 saturated heterocycles. The molecule has 3 aromatic rings. The molecule has 0 saturated carbocycles. The molecule has 2 aliphatic rings. The van der Waals surface area contributed by atoms with Gasteiger partial charge < -0.3 is 0 Å². The number of aromatic nitrogens is 4. The average Bonchev–Trinajstić information content (AvgIpc) is 2.94. The summed E-state index contributed by atoms with van der Waals surface area (Å²) in [6.07, 6.45) is 3.86. The highest BCUT2D eigenvalue weighted by molar-refractivity contribution is 7.22. The van der Waals surface area contributed by atoms with Crippen LogP contribution in [0.3, 0.4) is 0 Å². The van der Waals surface area contributed by atoms with E-state index in [1.165, 1.54) is 11.3 Å². The van der Waals surface area contributed by atoms with Gasteiger partial charge in [-0.3, -0.25) is 19.8 Å². The molecule has 0 amide bonds. The fourth-order valence-corrected chi connectivity index (χ4v) is 4.45. The van der Waals surface area contributed by atoms with Crippen molar-refractivity contribution >= 4 is 21.6 Å². The summed E-state index contributed by atoms with van der Waals surface area (Å²) < 4.78 is 2.56. The van der Waals surface area contributed by atoms with Gasteiger partial charge in [-0.15, -0.1) is 11.3 Å². The van der Waals surface area contributed by atoms with E-state index in [-0.39, 0.29) is 11.2 Å². The molecule has 0 radical (unpaired) electrons. The van der Waals surface area contributed by atoms with Crippen molar-refractivity contribution in [3.63, 3.8) is 0 Å². The quantitative estimate of drug-likeness (QED) is 0.715. The largest absolute Gasteiger partial charge is 0.288 e. The number of nitrogens with zero attached hydrogens (tertiary/aromatic N) is 3. The molecule has 7 heteroatoms. The number of H-pyrrole nitrogens is 1. The minimum absolute atomic E-state index is 0.0850. The molecular weight excluding hydrogens is 286 g/mol. The number of rotatable bonds is 1. The summed E-state index contributed by atoms with van der Waals surface area (Å²) in [5.41, 5.74) is 2.67. The van der Waals surface area contributed by atoms with Crippen LogP contribution in [0.15, 0.2) is 17.1 Å². The van der Waals surface area contributed by atoms with Crippen molar-refractivity contribution in [2.24, 2.45) is 0 Å². The molecule has 1 spiro atoms. The number of fused-ring (bicyclic) bond motifs is 4. The van der Waals surface area contributed by atoms with E-state index >= 15 is 0 Å². The standard InChI is InChI=1S/C14H13N5OS/c1-7-8(6-16-18-7)10-5-9-11(21-10)12(20)19-13(17-9)14(19)3-2-4-15-14/h5-6,15H,2-4H2,1H3,(H,16,18)/t14-,19?/m1/s1. The van der Waals surface area contributed by atoms with Gasteiger partial charge >= 0.3 is 0 Å². The maximum absolute atomic E-state index is 12.7. The van der Waals surface area contributed by atoms with Crippen molar-refractivity contribution in [3.05, 3.63) is 34.1 Å². The second-order valence-corrected chi connectivity index (χ2v) is 6.75. The molecule has 3 aromatic heterocycles. The Labute approximate surface area is 123 Å². The number of hydrogen-bond donors (Lipinski definition) is 2. The second-order valence-electron chi connectivity index (χ2n) is 5.70. The lowest BCUT2D eigenvalue weighted by Gasteiger charge is -2.02. The third-order valence-electron chi connectivity index (χ3n) is 4.48. The van der Waals surface area contributed by atoms with E-state index in [9.17, 15) is 4.79 Å². The Kier molecular flexibility index (Phi) is 2.00. The second kappa shape index (κ2) is 3.61. The third kappa shape index (κ3) is 1.33. The molecule has 1 fully saturated rings. The highest BCUT2D eigenvalue weighted by atomic mass is 32.1. The Morgan fingerprint density at radius 2 is 2.38 bits per heavy atom. The van der Waals surface area contributed by atoms with E-state index in [1.807, 2.05) is 17.6 Å². The molecule has 2 aliphatic heterocycles. The Balaban J connectivity index is 1.72. The summed E-state index contributed by atoms with van der Waals surface area (Å²) >= 11 is 1.50. The van der Waals surface area contributed by atoms with Crippen LogP contribution >= 0.6 is 11.3 Å². The normalized spacial score (nSPS) is 23.1. The van der Waals surface area contributed by atoms with Crippen molar-refractivity contribution in [3.8, 4) is 10.4 Å². The number of nitrogens with one attached hydrogen (secondary N) is 2. The van der Waals surface area contributed by atoms with Crippen LogP contribution < -0.4 is 10.9 Å². The number of aryl methyl sites for hydroxylation is 1. The van der Waals surface area contributed by atoms with Crippen molar-refractivity contribution in [2.75, 3.05) is 6.54 Å². The predicted molar refractivity (Wildman–Crippen MR) is 80.5 cm³/mol. The van der Waals surface area contributed by atoms with Crippen molar-refractivity contribution in [2.45, 2.75) is 25.4 Å². The molecule has 1 atom stereocenters. The first kappa shape index (κ1) is 11.6. The molecule has 0 bridgehead atoms. The van der Waals surface area contributed by atoms with E-state index in [2.05, 4.69) is 15.5 Å². The van der Waals surface area contributed by atoms with Crippen LogP contribution in [0.4, 0.5) is 0 Å². The van der Waals surface area contributed by atoms with Crippen LogP contribution in [0.1, 0.15) is 24.4 Å². The van der Waals surface area contributed by atoms with E-state index in [4.69, 9.17) is 4.98 Å². The zero-order chi connectivity index (χ0) is 14.2. The Morgan fingerprint density at radius 3 is 3.10 bits per heavy atom. The van der Waals surface area contributed by atoms with Crippen LogP contribution in [0.25, 0.3) is 20.7 Å². The maximum Gasteiger partial charge on any atom is 0.273 e. The summed E-state index contributed by atoms with van der Waals surface area (Å²) in [5.74, 6) is 0.894. The minimum atomic E-state index is -0.262. The SMILES string of the molecule is Cc1[nH]ncc1-c1cc2nc3n(c(=O)c2s1)[C@]31CCCN1. The van der Waals surface area contributed by atoms with Gasteiger partial charge in [-0.1, -0.05) is 0 Å². The highest BCUT2D eigenvalue weighted by Crippen LogP contribution is 2.44. The fraction of sp³-hybridized carbons (Fsp3) is 0.357. The molecular formula is C14H13N5OS. The fourth-order valence-electron chi connectivity index (χ4n) is 3.36. The van der Waals surface area contributed by atoms with E-state index in [1.54, 1.807) is 6.20 Å². The number of hydrogen-bond acceptors (Lipinski definition) is 5. The molecule has 21 heavy (non-hydrogen) atoms. The van der Waals surface area contributed by atoms with E-state index < -0.39 is 0 Å². The van der Waals surface area contributed by atoms with E-state index in [0.717, 1.165) is 51.6 Å². The highest BCUT2D eigenvalue weighted by Gasteiger charge is 2.55. The Bertz CT molecular complexity index is 944. The number of thiophene rings is 1. The van der Waals surface area contributed by atoms with Crippen LogP contribution in [0.2, 0.25) is 0 Å². The lowest BCUT2D eigenvalue weighted by atomic mass is 10.2. The van der Waals surface area contributed by atoms with Gasteiger partial charge in [-0.05, 0) is 32.4 Å². The molecule has 0 aliphatic carbocycles. The lowest BCUT2D eigenvalue weighted by Crippen LogP contribution is -2.29. The maximum atomic E-state index is 12.7. The van der Waals surface area contributed by atoms with Crippen LogP contribution in [0.5, 0.6) is 0 Å². The monoisotopic (exact) mass is 299 g/mol. The first-order valence-corrected chi connectivity index (χ1v) is 7.85. The summed E-state index contributed by atoms with van der Waals surface area (Å²) in [6.45, 7) is 2.93. The smallest absolute Gasteiger partial charge is 0.273 e. The van der Waals surface area contributed by atoms with Gasteiger partial charge in [0, 0.05) is 16.1 Å². The molecule has 5 heterocycles. The first-order valence-electron chi connectivity index (χ1n) is 7.04. The average molecular weight is 299 g/mol. The predicted octanol–water partition coefficient (Wildman–Crippen LogP) is 1.55. The molecule has 2 N–H and O–H groups in total. The molecule has 6 nitrogen and oxygen atoms in total. The summed E-state index contributed by atoms with van der Waals surface area (Å²) in [4.78, 5) is 18.4. The lowest BCUT2D eigenvalue weighted by molar-refractivity contribution is 0.480. The molecule has 0 aromatic carbocycles.